The highest BCUT2D eigenvalue weighted by Crippen LogP contribution is 2.18. The molecule has 1 aliphatic heterocycles. The van der Waals surface area contributed by atoms with E-state index >= 15 is 0 Å². The van der Waals surface area contributed by atoms with Crippen molar-refractivity contribution in [1.82, 2.24) is 4.90 Å². The number of rotatable bonds is 10. The quantitative estimate of drug-likeness (QED) is 0.639. The van der Waals surface area contributed by atoms with Crippen molar-refractivity contribution >= 4 is 0 Å². The summed E-state index contributed by atoms with van der Waals surface area (Å²) in [5, 5.41) is 10.6. The van der Waals surface area contributed by atoms with Crippen LogP contribution in [0.1, 0.15) is 49.3 Å². The molecule has 2 aromatic rings. The molecule has 0 radical (unpaired) electrons. The lowest BCUT2D eigenvalue weighted by atomic mass is 10.0. The third-order valence-electron chi connectivity index (χ3n) is 5.47. The van der Waals surface area contributed by atoms with E-state index in [1.165, 1.54) is 16.7 Å². The van der Waals surface area contributed by atoms with Crippen LogP contribution in [0.4, 0.5) is 0 Å². The minimum absolute atomic E-state index is 0.259. The molecule has 0 saturated carbocycles. The zero-order valence-electron chi connectivity index (χ0n) is 18.0. The Bertz CT molecular complexity index is 721. The summed E-state index contributed by atoms with van der Waals surface area (Å²) in [5.74, 6) is 1.33. The maximum atomic E-state index is 10.6. The van der Waals surface area contributed by atoms with E-state index in [1.54, 1.807) is 0 Å². The molecule has 0 spiro atoms. The molecule has 0 aromatic heterocycles. The van der Waals surface area contributed by atoms with Crippen LogP contribution in [0.15, 0.2) is 48.5 Å². The van der Waals surface area contributed by atoms with Gasteiger partial charge in [-0.05, 0) is 48.9 Å². The fourth-order valence-electron chi connectivity index (χ4n) is 3.72. The van der Waals surface area contributed by atoms with E-state index in [0.717, 1.165) is 38.3 Å². The molecule has 29 heavy (non-hydrogen) atoms. The third-order valence-corrected chi connectivity index (χ3v) is 5.47. The largest absolute Gasteiger partial charge is 0.491 e. The SMILES string of the molecule is Cc1ccc(OCC(O)CN(Cc2ccc(C(C)C)cc2)CC2CCCO2)cc1. The Morgan fingerprint density at radius 1 is 1.10 bits per heavy atom. The Labute approximate surface area is 175 Å². The highest BCUT2D eigenvalue weighted by atomic mass is 16.5. The van der Waals surface area contributed by atoms with Crippen LogP contribution in [-0.2, 0) is 11.3 Å². The van der Waals surface area contributed by atoms with Crippen LogP contribution in [0.3, 0.4) is 0 Å². The van der Waals surface area contributed by atoms with Crippen LogP contribution in [0.25, 0.3) is 0 Å². The predicted molar refractivity (Wildman–Crippen MR) is 117 cm³/mol. The van der Waals surface area contributed by atoms with E-state index < -0.39 is 6.10 Å². The van der Waals surface area contributed by atoms with E-state index in [1.807, 2.05) is 24.3 Å². The zero-order valence-corrected chi connectivity index (χ0v) is 18.0. The van der Waals surface area contributed by atoms with Crippen molar-refractivity contribution in [2.75, 3.05) is 26.3 Å². The number of aliphatic hydroxyl groups excluding tert-OH is 1. The van der Waals surface area contributed by atoms with Gasteiger partial charge in [0, 0.05) is 26.2 Å². The molecular formula is C25H35NO3. The maximum Gasteiger partial charge on any atom is 0.119 e. The standard InChI is InChI=1S/C25H35NO3/c1-19(2)22-10-8-21(9-11-22)15-26(17-25-5-4-14-28-25)16-23(27)18-29-24-12-6-20(3)7-13-24/h6-13,19,23,25,27H,4-5,14-18H2,1-3H3. The normalized spacial score (nSPS) is 17.8. The number of hydrogen-bond donors (Lipinski definition) is 1. The smallest absolute Gasteiger partial charge is 0.119 e. The van der Waals surface area contributed by atoms with Gasteiger partial charge >= 0.3 is 0 Å². The monoisotopic (exact) mass is 397 g/mol. The van der Waals surface area contributed by atoms with Crippen molar-refractivity contribution in [3.63, 3.8) is 0 Å². The molecule has 2 unspecified atom stereocenters. The third kappa shape index (κ3) is 7.14. The fraction of sp³-hybridized carbons (Fsp3) is 0.520. The van der Waals surface area contributed by atoms with Crippen LogP contribution in [0.5, 0.6) is 5.75 Å². The van der Waals surface area contributed by atoms with Crippen molar-refractivity contribution in [2.24, 2.45) is 0 Å². The van der Waals surface area contributed by atoms with Gasteiger partial charge in [-0.25, -0.2) is 0 Å². The minimum Gasteiger partial charge on any atom is -0.491 e. The van der Waals surface area contributed by atoms with Gasteiger partial charge in [-0.15, -0.1) is 0 Å². The Morgan fingerprint density at radius 2 is 1.83 bits per heavy atom. The lowest BCUT2D eigenvalue weighted by molar-refractivity contribution is 0.0313. The highest BCUT2D eigenvalue weighted by Gasteiger charge is 2.21. The van der Waals surface area contributed by atoms with Crippen molar-refractivity contribution in [3.05, 3.63) is 65.2 Å². The summed E-state index contributed by atoms with van der Waals surface area (Å²) in [6.07, 6.45) is 1.93. The molecular weight excluding hydrogens is 362 g/mol. The first-order valence-corrected chi connectivity index (χ1v) is 10.8. The molecule has 0 bridgehead atoms. The highest BCUT2D eigenvalue weighted by molar-refractivity contribution is 5.26. The lowest BCUT2D eigenvalue weighted by Gasteiger charge is -2.27. The van der Waals surface area contributed by atoms with Crippen molar-refractivity contribution in [2.45, 2.75) is 58.3 Å². The van der Waals surface area contributed by atoms with Gasteiger partial charge in [0.25, 0.3) is 0 Å². The van der Waals surface area contributed by atoms with Gasteiger partial charge < -0.3 is 14.6 Å². The van der Waals surface area contributed by atoms with E-state index in [2.05, 4.69) is 49.9 Å². The van der Waals surface area contributed by atoms with Crippen LogP contribution in [0.2, 0.25) is 0 Å². The molecule has 1 heterocycles. The van der Waals surface area contributed by atoms with Crippen LogP contribution < -0.4 is 4.74 Å². The summed E-state index contributed by atoms with van der Waals surface area (Å²) in [6.45, 7) is 9.82. The van der Waals surface area contributed by atoms with Gasteiger partial charge in [-0.1, -0.05) is 55.8 Å². The summed E-state index contributed by atoms with van der Waals surface area (Å²) < 4.78 is 11.6. The molecule has 1 N–H and O–H groups in total. The number of aliphatic hydroxyl groups is 1. The number of nitrogens with zero attached hydrogens (tertiary/aromatic N) is 1. The fourth-order valence-corrected chi connectivity index (χ4v) is 3.72. The molecule has 1 fully saturated rings. The number of hydrogen-bond acceptors (Lipinski definition) is 4. The van der Waals surface area contributed by atoms with Crippen molar-refractivity contribution in [3.8, 4) is 5.75 Å². The Hall–Kier alpha value is -1.88. The lowest BCUT2D eigenvalue weighted by Crippen LogP contribution is -2.39. The van der Waals surface area contributed by atoms with Gasteiger partial charge in [-0.2, -0.15) is 0 Å². The minimum atomic E-state index is -0.548. The number of benzene rings is 2. The molecule has 3 rings (SSSR count). The second kappa shape index (κ2) is 10.8. The summed E-state index contributed by atoms with van der Waals surface area (Å²) >= 11 is 0. The number of ether oxygens (including phenoxy) is 2. The van der Waals surface area contributed by atoms with Gasteiger partial charge in [0.15, 0.2) is 0 Å². The molecule has 4 heteroatoms. The van der Waals surface area contributed by atoms with Gasteiger partial charge in [0.05, 0.1) is 6.10 Å². The summed E-state index contributed by atoms with van der Waals surface area (Å²) in [4.78, 5) is 2.30. The average molecular weight is 398 g/mol. The summed E-state index contributed by atoms with van der Waals surface area (Å²) in [5.41, 5.74) is 3.81. The molecule has 0 aliphatic carbocycles. The summed E-state index contributed by atoms with van der Waals surface area (Å²) in [6, 6.07) is 16.8. The van der Waals surface area contributed by atoms with E-state index in [4.69, 9.17) is 9.47 Å². The van der Waals surface area contributed by atoms with E-state index in [0.29, 0.717) is 12.5 Å². The molecule has 1 saturated heterocycles. The molecule has 2 aromatic carbocycles. The van der Waals surface area contributed by atoms with Crippen molar-refractivity contribution < 1.29 is 14.6 Å². The van der Waals surface area contributed by atoms with Gasteiger partial charge in [-0.3, -0.25) is 4.90 Å². The maximum absolute atomic E-state index is 10.6. The van der Waals surface area contributed by atoms with Gasteiger partial charge in [0.1, 0.15) is 18.5 Å². The Morgan fingerprint density at radius 3 is 2.45 bits per heavy atom. The molecule has 158 valence electrons. The van der Waals surface area contributed by atoms with Crippen LogP contribution in [-0.4, -0.2) is 48.5 Å². The average Bonchev–Trinajstić information content (AvgIpc) is 3.21. The zero-order chi connectivity index (χ0) is 20.6. The topological polar surface area (TPSA) is 41.9 Å². The van der Waals surface area contributed by atoms with Crippen molar-refractivity contribution in [1.29, 1.82) is 0 Å². The van der Waals surface area contributed by atoms with E-state index in [9.17, 15) is 5.11 Å². The van der Waals surface area contributed by atoms with E-state index in [-0.39, 0.29) is 12.7 Å². The second-order valence-electron chi connectivity index (χ2n) is 8.50. The first-order valence-electron chi connectivity index (χ1n) is 10.8. The van der Waals surface area contributed by atoms with Crippen LogP contribution >= 0.6 is 0 Å². The van der Waals surface area contributed by atoms with Crippen LogP contribution in [0, 0.1) is 6.92 Å². The first kappa shape index (κ1) is 21.8. The summed E-state index contributed by atoms with van der Waals surface area (Å²) in [7, 11) is 0. The molecule has 0 amide bonds. The number of aryl methyl sites for hydroxylation is 1. The molecule has 4 nitrogen and oxygen atoms in total. The molecule has 1 aliphatic rings. The Kier molecular flexibility index (Phi) is 8.10. The van der Waals surface area contributed by atoms with Gasteiger partial charge in [0.2, 0.25) is 0 Å². The second-order valence-corrected chi connectivity index (χ2v) is 8.50. The Balaban J connectivity index is 1.57. The molecule has 2 atom stereocenters. The first-order chi connectivity index (χ1) is 14.0. The predicted octanol–water partition coefficient (Wildman–Crippen LogP) is 4.54.